The van der Waals surface area contributed by atoms with Crippen LogP contribution < -0.4 is 0 Å². The molecule has 0 aliphatic heterocycles. The molecule has 0 saturated carbocycles. The number of nitrogens with one attached hydrogen (secondary N) is 1. The Hall–Kier alpha value is -3.79. The normalized spacial score (nSPS) is 11.6. The third-order valence-corrected chi connectivity index (χ3v) is 5.67. The Morgan fingerprint density at radius 3 is 2.20 bits per heavy atom. The first-order valence-corrected chi connectivity index (χ1v) is 10.1. The summed E-state index contributed by atoms with van der Waals surface area (Å²) in [5.41, 5.74) is 5.78. The van der Waals surface area contributed by atoms with Crippen molar-refractivity contribution in [1.82, 2.24) is 19.9 Å². The van der Waals surface area contributed by atoms with Crippen LogP contribution in [0, 0.1) is 0 Å². The molecule has 0 aliphatic rings. The summed E-state index contributed by atoms with van der Waals surface area (Å²) in [6, 6.07) is 26.7. The van der Waals surface area contributed by atoms with E-state index in [1.54, 1.807) is 0 Å². The maximum absolute atomic E-state index is 5.03. The number of fused-ring (bicyclic) bond motifs is 1. The van der Waals surface area contributed by atoms with Crippen LogP contribution in [0.4, 0.5) is 0 Å². The Balaban J connectivity index is 1.58. The summed E-state index contributed by atoms with van der Waals surface area (Å²) in [5.74, 6) is 0. The minimum atomic E-state index is -0.382. The lowest BCUT2D eigenvalue weighted by molar-refractivity contribution is 0.525. The second-order valence-corrected chi connectivity index (χ2v) is 7.70. The molecule has 1 N–H and O–H groups in total. The van der Waals surface area contributed by atoms with E-state index in [0.29, 0.717) is 6.42 Å². The number of hydrogen-bond donors (Lipinski definition) is 1. The average Bonchev–Trinajstić information content (AvgIpc) is 3.29. The molecule has 0 saturated heterocycles. The van der Waals surface area contributed by atoms with Gasteiger partial charge in [0.05, 0.1) is 28.0 Å². The highest BCUT2D eigenvalue weighted by molar-refractivity contribution is 5.93. The van der Waals surface area contributed by atoms with E-state index in [2.05, 4.69) is 76.5 Å². The van der Waals surface area contributed by atoms with Gasteiger partial charge in [-0.15, -0.1) is 0 Å². The molecule has 4 nitrogen and oxygen atoms in total. The molecule has 146 valence electrons. The quantitative estimate of drug-likeness (QED) is 0.427. The smallest absolute Gasteiger partial charge is 0.0726 e. The number of aromatic amines is 1. The number of pyridine rings is 3. The van der Waals surface area contributed by atoms with Crippen LogP contribution in [0.25, 0.3) is 22.2 Å². The van der Waals surface area contributed by atoms with Gasteiger partial charge in [0.2, 0.25) is 0 Å². The predicted octanol–water partition coefficient (Wildman–Crippen LogP) is 5.57. The molecule has 5 aromatic rings. The standard InChI is InChI=1S/C26H22N4/c1-26(23-12-2-4-15-27-23,24-13-3-5-16-28-24)18-20-9-7-11-22(30-20)21-10-6-8-19-14-17-29-25(19)21/h2-17,29H,18H2,1H3. The summed E-state index contributed by atoms with van der Waals surface area (Å²) in [4.78, 5) is 17.7. The first-order valence-electron chi connectivity index (χ1n) is 10.1. The highest BCUT2D eigenvalue weighted by atomic mass is 14.8. The van der Waals surface area contributed by atoms with Crippen molar-refractivity contribution in [2.75, 3.05) is 0 Å². The number of rotatable bonds is 5. The molecule has 30 heavy (non-hydrogen) atoms. The second kappa shape index (κ2) is 7.56. The van der Waals surface area contributed by atoms with Crippen molar-refractivity contribution >= 4 is 10.9 Å². The summed E-state index contributed by atoms with van der Waals surface area (Å²) in [5, 5.41) is 1.19. The van der Waals surface area contributed by atoms with Gasteiger partial charge in [-0.1, -0.05) is 36.4 Å². The van der Waals surface area contributed by atoms with Crippen LogP contribution in [0.5, 0.6) is 0 Å². The molecule has 0 aliphatic carbocycles. The fourth-order valence-electron chi connectivity index (χ4n) is 4.08. The van der Waals surface area contributed by atoms with E-state index in [9.17, 15) is 0 Å². The van der Waals surface area contributed by atoms with Crippen molar-refractivity contribution in [3.63, 3.8) is 0 Å². The Morgan fingerprint density at radius 1 is 0.767 bits per heavy atom. The Bertz CT molecular complexity index is 1240. The number of nitrogens with zero attached hydrogens (tertiary/aromatic N) is 3. The number of para-hydroxylation sites is 1. The lowest BCUT2D eigenvalue weighted by atomic mass is 9.78. The van der Waals surface area contributed by atoms with Crippen LogP contribution >= 0.6 is 0 Å². The molecule has 0 bridgehead atoms. The largest absolute Gasteiger partial charge is 0.361 e. The van der Waals surface area contributed by atoms with Crippen LogP contribution in [0.2, 0.25) is 0 Å². The lowest BCUT2D eigenvalue weighted by Gasteiger charge is -2.28. The highest BCUT2D eigenvalue weighted by Gasteiger charge is 2.32. The molecule has 4 heterocycles. The second-order valence-electron chi connectivity index (χ2n) is 7.70. The molecular weight excluding hydrogens is 368 g/mol. The van der Waals surface area contributed by atoms with Gasteiger partial charge in [-0.05, 0) is 49.4 Å². The molecule has 1 aromatic carbocycles. The highest BCUT2D eigenvalue weighted by Crippen LogP contribution is 2.33. The average molecular weight is 390 g/mol. The summed E-state index contributed by atoms with van der Waals surface area (Å²) in [7, 11) is 0. The Morgan fingerprint density at radius 2 is 1.50 bits per heavy atom. The minimum Gasteiger partial charge on any atom is -0.361 e. The van der Waals surface area contributed by atoms with E-state index in [-0.39, 0.29) is 5.41 Å². The SMILES string of the molecule is CC(Cc1cccc(-c2cccc3cc[nH]c23)n1)(c1ccccn1)c1ccccn1. The van der Waals surface area contributed by atoms with Gasteiger partial charge in [-0.2, -0.15) is 0 Å². The molecule has 0 atom stereocenters. The van der Waals surface area contributed by atoms with Crippen LogP contribution in [-0.4, -0.2) is 19.9 Å². The van der Waals surface area contributed by atoms with Crippen LogP contribution in [0.3, 0.4) is 0 Å². The maximum atomic E-state index is 5.03. The monoisotopic (exact) mass is 390 g/mol. The molecule has 4 heteroatoms. The molecule has 0 amide bonds. The summed E-state index contributed by atoms with van der Waals surface area (Å²) >= 11 is 0. The van der Waals surface area contributed by atoms with Crippen LogP contribution in [0.15, 0.2) is 97.5 Å². The van der Waals surface area contributed by atoms with E-state index in [1.165, 1.54) is 5.39 Å². The molecule has 0 spiro atoms. The third kappa shape index (κ3) is 3.26. The first-order chi connectivity index (χ1) is 14.7. The Labute approximate surface area is 175 Å². The van der Waals surface area contributed by atoms with Crippen molar-refractivity contribution in [1.29, 1.82) is 0 Å². The van der Waals surface area contributed by atoms with Crippen LogP contribution in [-0.2, 0) is 11.8 Å². The molecule has 0 unspecified atom stereocenters. The number of hydrogen-bond acceptors (Lipinski definition) is 3. The van der Waals surface area contributed by atoms with Gasteiger partial charge in [0.15, 0.2) is 0 Å². The van der Waals surface area contributed by atoms with Crippen LogP contribution in [0.1, 0.15) is 24.0 Å². The van der Waals surface area contributed by atoms with Crippen molar-refractivity contribution in [2.45, 2.75) is 18.8 Å². The third-order valence-electron chi connectivity index (χ3n) is 5.67. The van der Waals surface area contributed by atoms with E-state index >= 15 is 0 Å². The van der Waals surface area contributed by atoms with Crippen molar-refractivity contribution in [3.8, 4) is 11.3 Å². The van der Waals surface area contributed by atoms with Gasteiger partial charge in [0, 0.05) is 41.7 Å². The van der Waals surface area contributed by atoms with Gasteiger partial charge in [-0.3, -0.25) is 15.0 Å². The topological polar surface area (TPSA) is 54.5 Å². The Kier molecular flexibility index (Phi) is 4.60. The fraction of sp³-hybridized carbons (Fsp3) is 0.115. The van der Waals surface area contributed by atoms with Crippen molar-refractivity contribution < 1.29 is 0 Å². The molecule has 0 radical (unpaired) electrons. The summed E-state index contributed by atoms with van der Waals surface area (Å²) < 4.78 is 0. The van der Waals surface area contributed by atoms with Gasteiger partial charge in [-0.25, -0.2) is 0 Å². The molecule has 4 aromatic heterocycles. The molecule has 5 rings (SSSR count). The molecule has 0 fully saturated rings. The fourth-order valence-corrected chi connectivity index (χ4v) is 4.08. The van der Waals surface area contributed by atoms with Gasteiger partial charge < -0.3 is 4.98 Å². The zero-order valence-electron chi connectivity index (χ0n) is 16.8. The molecular formula is C26H22N4. The number of benzene rings is 1. The van der Waals surface area contributed by atoms with Crippen molar-refractivity contribution in [3.05, 3.63) is 115 Å². The lowest BCUT2D eigenvalue weighted by Crippen LogP contribution is -2.29. The zero-order valence-corrected chi connectivity index (χ0v) is 16.8. The van der Waals surface area contributed by atoms with E-state index in [0.717, 1.165) is 33.9 Å². The predicted molar refractivity (Wildman–Crippen MR) is 120 cm³/mol. The zero-order chi connectivity index (χ0) is 20.4. The number of aromatic nitrogens is 4. The minimum absolute atomic E-state index is 0.382. The van der Waals surface area contributed by atoms with E-state index < -0.39 is 0 Å². The van der Waals surface area contributed by atoms with Gasteiger partial charge in [0.1, 0.15) is 0 Å². The van der Waals surface area contributed by atoms with Crippen molar-refractivity contribution in [2.24, 2.45) is 0 Å². The van der Waals surface area contributed by atoms with Gasteiger partial charge in [0.25, 0.3) is 0 Å². The first kappa shape index (κ1) is 18.3. The summed E-state index contributed by atoms with van der Waals surface area (Å²) in [6.45, 7) is 2.19. The maximum Gasteiger partial charge on any atom is 0.0726 e. The number of H-pyrrole nitrogens is 1. The van der Waals surface area contributed by atoms with E-state index in [4.69, 9.17) is 4.98 Å². The van der Waals surface area contributed by atoms with Gasteiger partial charge >= 0.3 is 0 Å². The summed E-state index contributed by atoms with van der Waals surface area (Å²) in [6.07, 6.45) is 6.35. The van der Waals surface area contributed by atoms with E-state index in [1.807, 2.05) is 42.9 Å².